The van der Waals surface area contributed by atoms with E-state index >= 15 is 0 Å². The Hall–Kier alpha value is -2.02. The number of ether oxygens (including phenoxy) is 2. The normalized spacial score (nSPS) is 10.7. The summed E-state index contributed by atoms with van der Waals surface area (Å²) in [6.07, 6.45) is 0. The van der Waals surface area contributed by atoms with Gasteiger partial charge in [-0.1, -0.05) is 43.7 Å². The summed E-state index contributed by atoms with van der Waals surface area (Å²) in [7, 11) is -1.27. The van der Waals surface area contributed by atoms with Crippen LogP contribution in [0.5, 0.6) is 5.75 Å². The summed E-state index contributed by atoms with van der Waals surface area (Å²) in [5.74, 6) is 5.50. The predicted molar refractivity (Wildman–Crippen MR) is 119 cm³/mol. The van der Waals surface area contributed by atoms with Crippen molar-refractivity contribution in [3.63, 3.8) is 0 Å². The molecule has 0 amide bonds. The third-order valence-corrected chi connectivity index (χ3v) is 6.48. The van der Waals surface area contributed by atoms with Crippen LogP contribution in [0.3, 0.4) is 0 Å². The molecule has 154 valence electrons. The molecular formula is C20H19Br2NO5S. The Morgan fingerprint density at radius 3 is 2.41 bits per heavy atom. The summed E-state index contributed by atoms with van der Waals surface area (Å²) >= 11 is 6.52. The van der Waals surface area contributed by atoms with E-state index in [2.05, 4.69) is 43.7 Å². The third kappa shape index (κ3) is 5.53. The van der Waals surface area contributed by atoms with Gasteiger partial charge in [0.1, 0.15) is 12.4 Å². The summed E-state index contributed by atoms with van der Waals surface area (Å²) in [5, 5.41) is 0.558. The number of methoxy groups -OCH3 is 1. The Balaban J connectivity index is 2.38. The number of hydrogen-bond acceptors (Lipinski definition) is 5. The molecule has 0 unspecified atom stereocenters. The number of carbonyl (C=O) groups excluding carboxylic acids is 1. The molecule has 0 radical (unpaired) electrons. The monoisotopic (exact) mass is 543 g/mol. The zero-order chi connectivity index (χ0) is 21.6. The average Bonchev–Trinajstić information content (AvgIpc) is 2.70. The van der Waals surface area contributed by atoms with Crippen molar-refractivity contribution in [3.05, 3.63) is 52.0 Å². The van der Waals surface area contributed by atoms with Crippen LogP contribution in [0.25, 0.3) is 0 Å². The van der Waals surface area contributed by atoms with E-state index in [0.29, 0.717) is 21.1 Å². The van der Waals surface area contributed by atoms with Crippen LogP contribution in [0.4, 0.5) is 5.69 Å². The fraction of sp³-hybridized carbons (Fsp3) is 0.250. The van der Waals surface area contributed by atoms with Crippen molar-refractivity contribution in [2.75, 3.05) is 30.4 Å². The van der Waals surface area contributed by atoms with Gasteiger partial charge in [-0.2, -0.15) is 0 Å². The number of benzene rings is 2. The van der Waals surface area contributed by atoms with Crippen molar-refractivity contribution in [1.82, 2.24) is 0 Å². The average molecular weight is 545 g/mol. The lowest BCUT2D eigenvalue weighted by Crippen LogP contribution is -2.29. The number of esters is 1. The molecule has 2 rings (SSSR count). The number of nitrogens with zero attached hydrogens (tertiary/aromatic N) is 1. The minimum absolute atomic E-state index is 0.0667. The van der Waals surface area contributed by atoms with Crippen molar-refractivity contribution in [2.24, 2.45) is 0 Å². The van der Waals surface area contributed by atoms with E-state index in [0.717, 1.165) is 4.31 Å². The molecule has 2 aromatic carbocycles. The first kappa shape index (κ1) is 23.3. The first-order valence-corrected chi connectivity index (χ1v) is 11.7. The molecule has 0 fully saturated rings. The molecular weight excluding hydrogens is 526 g/mol. The third-order valence-electron chi connectivity index (χ3n) is 3.97. The molecule has 0 saturated heterocycles. The molecule has 0 aliphatic rings. The summed E-state index contributed by atoms with van der Waals surface area (Å²) in [6.45, 7) is 1.93. The second kappa shape index (κ2) is 10.1. The van der Waals surface area contributed by atoms with Crippen LogP contribution in [-0.2, 0) is 14.8 Å². The van der Waals surface area contributed by atoms with Gasteiger partial charge in [0, 0.05) is 11.5 Å². The zero-order valence-electron chi connectivity index (χ0n) is 16.0. The Bertz CT molecular complexity index is 1060. The minimum Gasteiger partial charge on any atom is -0.481 e. The molecule has 6 nitrogen and oxygen atoms in total. The minimum atomic E-state index is -3.92. The summed E-state index contributed by atoms with van der Waals surface area (Å²) in [6, 6.07) is 9.29. The van der Waals surface area contributed by atoms with E-state index in [-0.39, 0.29) is 22.8 Å². The molecule has 29 heavy (non-hydrogen) atoms. The van der Waals surface area contributed by atoms with Crippen LogP contribution >= 0.6 is 31.9 Å². The second-order valence-corrected chi connectivity index (χ2v) is 9.28. The van der Waals surface area contributed by atoms with Crippen LogP contribution in [0.1, 0.15) is 15.9 Å². The number of aryl methyl sites for hydroxylation is 1. The zero-order valence-corrected chi connectivity index (χ0v) is 20.0. The second-order valence-electron chi connectivity index (χ2n) is 5.83. The van der Waals surface area contributed by atoms with Crippen LogP contribution in [0.15, 0.2) is 45.8 Å². The molecule has 0 aliphatic heterocycles. The van der Waals surface area contributed by atoms with Gasteiger partial charge in [0.25, 0.3) is 10.0 Å². The van der Waals surface area contributed by atoms with Crippen LogP contribution < -0.4 is 9.04 Å². The summed E-state index contributed by atoms with van der Waals surface area (Å²) < 4.78 is 38.3. The standard InChI is InChI=1S/C20H19Br2NO5S/c1-14-12-15(22)13-18(20(24)27-3)19(14)23(2)29(25,26)17-8-6-16(7-9-17)28-11-5-4-10-21/h6-9,12-13H,10-11H2,1-3H3. The van der Waals surface area contributed by atoms with Gasteiger partial charge in [-0.25, -0.2) is 13.2 Å². The van der Waals surface area contributed by atoms with Crippen molar-refractivity contribution in [1.29, 1.82) is 0 Å². The number of alkyl halides is 1. The molecule has 0 aliphatic carbocycles. The van der Waals surface area contributed by atoms with Crippen LogP contribution in [-0.4, -0.2) is 40.5 Å². The highest BCUT2D eigenvalue weighted by atomic mass is 79.9. The first-order chi connectivity index (χ1) is 13.7. The maximum atomic E-state index is 13.1. The molecule has 9 heteroatoms. The highest BCUT2D eigenvalue weighted by Gasteiger charge is 2.27. The maximum absolute atomic E-state index is 13.1. The lowest BCUT2D eigenvalue weighted by Gasteiger charge is -2.24. The quantitative estimate of drug-likeness (QED) is 0.310. The fourth-order valence-corrected chi connectivity index (χ4v) is 4.67. The van der Waals surface area contributed by atoms with Crippen molar-refractivity contribution in [3.8, 4) is 17.6 Å². The van der Waals surface area contributed by atoms with Gasteiger partial charge in [-0.3, -0.25) is 4.31 Å². The van der Waals surface area contributed by atoms with E-state index in [4.69, 9.17) is 9.47 Å². The Morgan fingerprint density at radius 2 is 1.83 bits per heavy atom. The van der Waals surface area contributed by atoms with Gasteiger partial charge < -0.3 is 9.47 Å². The summed E-state index contributed by atoms with van der Waals surface area (Å²) in [5.41, 5.74) is 1.01. The number of anilines is 1. The van der Waals surface area contributed by atoms with Crippen LogP contribution in [0.2, 0.25) is 0 Å². The Labute approximate surface area is 187 Å². The SMILES string of the molecule is COC(=O)c1cc(Br)cc(C)c1N(C)S(=O)(=O)c1ccc(OCC#CCBr)cc1. The highest BCUT2D eigenvalue weighted by Crippen LogP contribution is 2.33. The molecule has 0 heterocycles. The topological polar surface area (TPSA) is 72.9 Å². The number of hydrogen-bond donors (Lipinski definition) is 0. The van der Waals surface area contributed by atoms with E-state index in [9.17, 15) is 13.2 Å². The molecule has 0 atom stereocenters. The van der Waals surface area contributed by atoms with Crippen molar-refractivity contribution < 1.29 is 22.7 Å². The first-order valence-electron chi connectivity index (χ1n) is 8.34. The number of carbonyl (C=O) groups is 1. The largest absolute Gasteiger partial charge is 0.481 e. The van der Waals surface area contributed by atoms with Gasteiger partial charge in [0.2, 0.25) is 0 Å². The molecule has 0 N–H and O–H groups in total. The Kier molecular flexibility index (Phi) is 8.14. The van der Waals surface area contributed by atoms with E-state index in [1.165, 1.54) is 32.4 Å². The maximum Gasteiger partial charge on any atom is 0.340 e. The van der Waals surface area contributed by atoms with Crippen LogP contribution in [0, 0.1) is 18.8 Å². The van der Waals surface area contributed by atoms with Gasteiger partial charge >= 0.3 is 5.97 Å². The lowest BCUT2D eigenvalue weighted by atomic mass is 10.1. The van der Waals surface area contributed by atoms with E-state index in [1.54, 1.807) is 25.1 Å². The van der Waals surface area contributed by atoms with Gasteiger partial charge in [-0.05, 0) is 48.9 Å². The molecule has 0 saturated carbocycles. The lowest BCUT2D eigenvalue weighted by molar-refractivity contribution is 0.0601. The molecule has 0 aromatic heterocycles. The summed E-state index contributed by atoms with van der Waals surface area (Å²) in [4.78, 5) is 12.3. The van der Waals surface area contributed by atoms with Gasteiger partial charge in [-0.15, -0.1) is 0 Å². The number of sulfonamides is 1. The Morgan fingerprint density at radius 1 is 1.17 bits per heavy atom. The smallest absolute Gasteiger partial charge is 0.340 e. The fourth-order valence-electron chi connectivity index (χ4n) is 2.62. The molecule has 0 bridgehead atoms. The predicted octanol–water partition coefficient (Wildman–Crippen LogP) is 4.15. The number of halogens is 2. The van der Waals surface area contributed by atoms with E-state index in [1.807, 2.05) is 0 Å². The van der Waals surface area contributed by atoms with Crippen molar-refractivity contribution >= 4 is 53.5 Å². The highest BCUT2D eigenvalue weighted by molar-refractivity contribution is 9.10. The molecule has 2 aromatic rings. The van der Waals surface area contributed by atoms with Crippen molar-refractivity contribution in [2.45, 2.75) is 11.8 Å². The number of rotatable bonds is 6. The van der Waals surface area contributed by atoms with E-state index < -0.39 is 16.0 Å². The molecule has 0 spiro atoms. The van der Waals surface area contributed by atoms with Gasteiger partial charge in [0.05, 0.1) is 28.6 Å². The van der Waals surface area contributed by atoms with Gasteiger partial charge in [0.15, 0.2) is 0 Å².